The minimum Gasteiger partial charge on any atom is -0.496 e. The van der Waals surface area contributed by atoms with Gasteiger partial charge in [0.05, 0.1) is 7.11 Å². The van der Waals surface area contributed by atoms with Crippen LogP contribution in [0.4, 0.5) is 5.69 Å². The molecule has 3 aromatic carbocycles. The lowest BCUT2D eigenvalue weighted by Crippen LogP contribution is -2.00. The molecule has 0 aromatic heterocycles. The number of nitrogens with two attached hydrogens (primary N) is 1. The Kier molecular flexibility index (Phi) is 3.65. The van der Waals surface area contributed by atoms with Gasteiger partial charge in [0.25, 0.3) is 0 Å². The van der Waals surface area contributed by atoms with Gasteiger partial charge in [-0.2, -0.15) is 0 Å². The molecule has 106 valence electrons. The Morgan fingerprint density at radius 3 is 2.52 bits per heavy atom. The molecule has 0 bridgehead atoms. The predicted molar refractivity (Wildman–Crippen MR) is 85.7 cm³/mol. The maximum Gasteiger partial charge on any atom is 0.125 e. The maximum absolute atomic E-state index is 5.86. The molecule has 0 aliphatic heterocycles. The van der Waals surface area contributed by atoms with Gasteiger partial charge in [0.2, 0.25) is 0 Å². The zero-order valence-electron chi connectivity index (χ0n) is 11.9. The van der Waals surface area contributed by atoms with E-state index in [1.165, 1.54) is 5.39 Å². The molecule has 0 atom stereocenters. The summed E-state index contributed by atoms with van der Waals surface area (Å²) in [6.45, 7) is 0.423. The van der Waals surface area contributed by atoms with Gasteiger partial charge in [-0.15, -0.1) is 0 Å². The fourth-order valence-electron chi connectivity index (χ4n) is 2.33. The van der Waals surface area contributed by atoms with Crippen molar-refractivity contribution in [1.82, 2.24) is 0 Å². The maximum atomic E-state index is 5.86. The summed E-state index contributed by atoms with van der Waals surface area (Å²) in [4.78, 5) is 0. The molecular formula is C18H17NO2. The summed E-state index contributed by atoms with van der Waals surface area (Å²) >= 11 is 0. The number of hydrogen-bond donors (Lipinski definition) is 1. The van der Waals surface area contributed by atoms with E-state index in [0.717, 1.165) is 22.4 Å². The van der Waals surface area contributed by atoms with Crippen molar-refractivity contribution in [2.24, 2.45) is 0 Å². The highest BCUT2D eigenvalue weighted by atomic mass is 16.5. The third-order valence-electron chi connectivity index (χ3n) is 3.42. The van der Waals surface area contributed by atoms with Crippen LogP contribution in [0.1, 0.15) is 5.56 Å². The van der Waals surface area contributed by atoms with Crippen LogP contribution in [0, 0.1) is 0 Å². The Labute approximate surface area is 123 Å². The smallest absolute Gasteiger partial charge is 0.125 e. The van der Waals surface area contributed by atoms with E-state index in [1.807, 2.05) is 42.5 Å². The van der Waals surface area contributed by atoms with E-state index in [2.05, 4.69) is 18.2 Å². The minimum absolute atomic E-state index is 0.423. The molecule has 2 N–H and O–H groups in total. The number of nitrogen functional groups attached to an aromatic ring is 1. The van der Waals surface area contributed by atoms with Gasteiger partial charge in [-0.3, -0.25) is 0 Å². The molecule has 3 nitrogen and oxygen atoms in total. The van der Waals surface area contributed by atoms with Crippen LogP contribution in [0.15, 0.2) is 60.7 Å². The molecule has 0 saturated carbocycles. The van der Waals surface area contributed by atoms with Crippen LogP contribution in [0.3, 0.4) is 0 Å². The third-order valence-corrected chi connectivity index (χ3v) is 3.42. The van der Waals surface area contributed by atoms with E-state index in [-0.39, 0.29) is 0 Å². The van der Waals surface area contributed by atoms with Crippen LogP contribution >= 0.6 is 0 Å². The van der Waals surface area contributed by atoms with Crippen molar-refractivity contribution in [3.05, 3.63) is 66.2 Å². The summed E-state index contributed by atoms with van der Waals surface area (Å²) in [5.41, 5.74) is 7.45. The second kappa shape index (κ2) is 5.75. The molecule has 3 aromatic rings. The Balaban J connectivity index is 1.81. The highest BCUT2D eigenvalue weighted by molar-refractivity contribution is 5.83. The lowest BCUT2D eigenvalue weighted by Gasteiger charge is -2.11. The van der Waals surface area contributed by atoms with Gasteiger partial charge in [0, 0.05) is 11.3 Å². The lowest BCUT2D eigenvalue weighted by molar-refractivity contribution is 0.297. The van der Waals surface area contributed by atoms with Crippen molar-refractivity contribution in [3.63, 3.8) is 0 Å². The Hall–Kier alpha value is -2.68. The second-order valence-electron chi connectivity index (χ2n) is 4.87. The molecule has 0 spiro atoms. The summed E-state index contributed by atoms with van der Waals surface area (Å²) in [7, 11) is 1.64. The van der Waals surface area contributed by atoms with Crippen LogP contribution in [0.25, 0.3) is 10.8 Å². The highest BCUT2D eigenvalue weighted by Crippen LogP contribution is 2.25. The van der Waals surface area contributed by atoms with Gasteiger partial charge in [-0.05, 0) is 41.1 Å². The number of ether oxygens (including phenoxy) is 2. The standard InChI is InChI=1S/C18H17NO2/c1-20-18-9-7-16(19)10-15(18)12-21-17-8-6-13-4-2-3-5-14(13)11-17/h2-11H,12,19H2,1H3. The fourth-order valence-corrected chi connectivity index (χ4v) is 2.33. The van der Waals surface area contributed by atoms with E-state index in [0.29, 0.717) is 12.3 Å². The first-order valence-corrected chi connectivity index (χ1v) is 6.80. The summed E-state index contributed by atoms with van der Waals surface area (Å²) in [6.07, 6.45) is 0. The van der Waals surface area contributed by atoms with Crippen LogP contribution in [-0.4, -0.2) is 7.11 Å². The van der Waals surface area contributed by atoms with Gasteiger partial charge in [-0.25, -0.2) is 0 Å². The molecule has 0 unspecified atom stereocenters. The monoisotopic (exact) mass is 279 g/mol. The van der Waals surface area contributed by atoms with E-state index < -0.39 is 0 Å². The topological polar surface area (TPSA) is 44.5 Å². The second-order valence-corrected chi connectivity index (χ2v) is 4.87. The summed E-state index contributed by atoms with van der Waals surface area (Å²) in [6, 6.07) is 19.8. The molecule has 0 aliphatic rings. The lowest BCUT2D eigenvalue weighted by atomic mass is 10.1. The number of anilines is 1. The van der Waals surface area contributed by atoms with Crippen LogP contribution in [-0.2, 0) is 6.61 Å². The first kappa shape index (κ1) is 13.3. The number of fused-ring (bicyclic) bond motifs is 1. The summed E-state index contributed by atoms with van der Waals surface area (Å²) < 4.78 is 11.2. The van der Waals surface area contributed by atoms with Gasteiger partial charge in [0.1, 0.15) is 18.1 Å². The fraction of sp³-hybridized carbons (Fsp3) is 0.111. The van der Waals surface area contributed by atoms with Gasteiger partial charge in [0.15, 0.2) is 0 Å². The van der Waals surface area contributed by atoms with E-state index in [4.69, 9.17) is 15.2 Å². The zero-order chi connectivity index (χ0) is 14.7. The van der Waals surface area contributed by atoms with Crippen LogP contribution in [0.2, 0.25) is 0 Å². The van der Waals surface area contributed by atoms with Crippen molar-refractivity contribution in [2.75, 3.05) is 12.8 Å². The summed E-state index contributed by atoms with van der Waals surface area (Å²) in [5.74, 6) is 1.61. The molecular weight excluding hydrogens is 262 g/mol. The van der Waals surface area contributed by atoms with Crippen molar-refractivity contribution < 1.29 is 9.47 Å². The number of methoxy groups -OCH3 is 1. The Morgan fingerprint density at radius 2 is 1.71 bits per heavy atom. The van der Waals surface area contributed by atoms with Crippen molar-refractivity contribution in [1.29, 1.82) is 0 Å². The summed E-state index contributed by atoms with van der Waals surface area (Å²) in [5, 5.41) is 2.36. The Morgan fingerprint density at radius 1 is 0.905 bits per heavy atom. The molecule has 0 radical (unpaired) electrons. The molecule has 3 heteroatoms. The van der Waals surface area contributed by atoms with Gasteiger partial charge < -0.3 is 15.2 Å². The van der Waals surface area contributed by atoms with Crippen molar-refractivity contribution in [3.8, 4) is 11.5 Å². The van der Waals surface area contributed by atoms with Crippen molar-refractivity contribution in [2.45, 2.75) is 6.61 Å². The van der Waals surface area contributed by atoms with Gasteiger partial charge >= 0.3 is 0 Å². The van der Waals surface area contributed by atoms with E-state index >= 15 is 0 Å². The quantitative estimate of drug-likeness (QED) is 0.734. The molecule has 3 rings (SSSR count). The molecule has 0 heterocycles. The molecule has 21 heavy (non-hydrogen) atoms. The number of hydrogen-bond acceptors (Lipinski definition) is 3. The highest BCUT2D eigenvalue weighted by Gasteiger charge is 2.05. The number of benzene rings is 3. The van der Waals surface area contributed by atoms with Crippen LogP contribution in [0.5, 0.6) is 11.5 Å². The predicted octanol–water partition coefficient (Wildman–Crippen LogP) is 4.01. The zero-order valence-corrected chi connectivity index (χ0v) is 11.9. The average molecular weight is 279 g/mol. The average Bonchev–Trinajstić information content (AvgIpc) is 2.53. The first-order valence-electron chi connectivity index (χ1n) is 6.80. The normalized spacial score (nSPS) is 10.5. The van der Waals surface area contributed by atoms with Crippen LogP contribution < -0.4 is 15.2 Å². The molecule has 0 amide bonds. The third kappa shape index (κ3) is 2.92. The first-order chi connectivity index (χ1) is 10.3. The van der Waals surface area contributed by atoms with Gasteiger partial charge in [-0.1, -0.05) is 30.3 Å². The molecule has 0 fully saturated rings. The SMILES string of the molecule is COc1ccc(N)cc1COc1ccc2ccccc2c1. The van der Waals surface area contributed by atoms with Crippen molar-refractivity contribution >= 4 is 16.5 Å². The minimum atomic E-state index is 0.423. The molecule has 0 saturated heterocycles. The van der Waals surface area contributed by atoms with E-state index in [9.17, 15) is 0 Å². The van der Waals surface area contributed by atoms with E-state index in [1.54, 1.807) is 7.11 Å². The molecule has 0 aliphatic carbocycles. The number of rotatable bonds is 4. The largest absolute Gasteiger partial charge is 0.496 e. The Bertz CT molecular complexity index is 768.